The van der Waals surface area contributed by atoms with E-state index in [0.717, 1.165) is 18.1 Å². The summed E-state index contributed by atoms with van der Waals surface area (Å²) in [5, 5.41) is 6.54. The van der Waals surface area contributed by atoms with E-state index in [2.05, 4.69) is 20.6 Å². The molecule has 2 aromatic rings. The smallest absolute Gasteiger partial charge is 0.419 e. The van der Waals surface area contributed by atoms with Crippen LogP contribution >= 0.6 is 11.6 Å². The first-order valence-electron chi connectivity index (χ1n) is 8.24. The summed E-state index contributed by atoms with van der Waals surface area (Å²) < 4.78 is 44.0. The van der Waals surface area contributed by atoms with Gasteiger partial charge in [-0.25, -0.2) is 4.98 Å². The summed E-state index contributed by atoms with van der Waals surface area (Å²) in [5.74, 6) is 0.342. The summed E-state index contributed by atoms with van der Waals surface area (Å²) in [7, 11) is 1.61. The molecule has 0 radical (unpaired) electrons. The molecular weight excluding hydrogens is 381 g/mol. The second-order valence-corrected chi connectivity index (χ2v) is 5.89. The molecule has 0 amide bonds. The van der Waals surface area contributed by atoms with Crippen LogP contribution in [-0.2, 0) is 12.6 Å². The van der Waals surface area contributed by atoms with E-state index in [9.17, 15) is 13.2 Å². The number of rotatable bonds is 7. The Morgan fingerprint density at radius 2 is 1.89 bits per heavy atom. The summed E-state index contributed by atoms with van der Waals surface area (Å²) >= 11 is 5.74. The number of para-hydroxylation sites is 1. The molecule has 0 bridgehead atoms. The number of pyridine rings is 1. The normalized spacial score (nSPS) is 12.0. The first kappa shape index (κ1) is 20.8. The lowest BCUT2D eigenvalue weighted by atomic mass is 10.2. The second-order valence-electron chi connectivity index (χ2n) is 5.51. The van der Waals surface area contributed by atoms with E-state index in [0.29, 0.717) is 24.2 Å². The zero-order valence-electron chi connectivity index (χ0n) is 14.7. The third kappa shape index (κ3) is 6.97. The molecule has 0 aliphatic carbocycles. The molecule has 0 saturated carbocycles. The van der Waals surface area contributed by atoms with E-state index in [-0.39, 0.29) is 12.4 Å². The number of aromatic nitrogens is 1. The number of halogens is 4. The minimum absolute atomic E-state index is 0.0644. The van der Waals surface area contributed by atoms with E-state index in [1.807, 2.05) is 6.07 Å². The van der Waals surface area contributed by atoms with Crippen molar-refractivity contribution in [2.45, 2.75) is 12.6 Å². The Labute approximate surface area is 160 Å². The van der Waals surface area contributed by atoms with Gasteiger partial charge < -0.3 is 15.4 Å². The van der Waals surface area contributed by atoms with Crippen molar-refractivity contribution in [2.24, 2.45) is 4.99 Å². The van der Waals surface area contributed by atoms with Crippen LogP contribution < -0.4 is 15.4 Å². The van der Waals surface area contributed by atoms with Crippen LogP contribution in [0.25, 0.3) is 0 Å². The molecule has 9 heteroatoms. The van der Waals surface area contributed by atoms with Crippen molar-refractivity contribution in [2.75, 3.05) is 26.7 Å². The lowest BCUT2D eigenvalue weighted by Crippen LogP contribution is -2.40. The highest BCUT2D eigenvalue weighted by atomic mass is 35.5. The summed E-state index contributed by atoms with van der Waals surface area (Å²) in [6.45, 7) is 0.976. The number of guanidine groups is 1. The third-order valence-electron chi connectivity index (χ3n) is 3.56. The van der Waals surface area contributed by atoms with Gasteiger partial charge in [-0.3, -0.25) is 4.99 Å². The Kier molecular flexibility index (Phi) is 7.72. The molecule has 2 N–H and O–H groups in total. The fourth-order valence-electron chi connectivity index (χ4n) is 2.26. The molecule has 0 fully saturated rings. The molecule has 0 aliphatic heterocycles. The van der Waals surface area contributed by atoms with E-state index in [4.69, 9.17) is 16.3 Å². The van der Waals surface area contributed by atoms with Crippen molar-refractivity contribution in [3.63, 3.8) is 0 Å². The molecule has 27 heavy (non-hydrogen) atoms. The fraction of sp³-hybridized carbons (Fsp3) is 0.333. The van der Waals surface area contributed by atoms with Gasteiger partial charge in [-0.2, -0.15) is 13.2 Å². The van der Waals surface area contributed by atoms with Crippen LogP contribution in [0.4, 0.5) is 13.2 Å². The number of nitrogens with one attached hydrogen (secondary N) is 2. The Balaban J connectivity index is 1.73. The Morgan fingerprint density at radius 1 is 1.15 bits per heavy atom. The largest absolute Gasteiger partial charge is 0.491 e. The zero-order chi connectivity index (χ0) is 19.7. The molecule has 5 nitrogen and oxygen atoms in total. The lowest BCUT2D eigenvalue weighted by Gasteiger charge is -2.15. The summed E-state index contributed by atoms with van der Waals surface area (Å²) in [5.41, 5.74) is 0.235. The minimum Gasteiger partial charge on any atom is -0.491 e. The molecule has 2 rings (SSSR count). The average molecular weight is 401 g/mol. The number of aliphatic imine (C=N–C) groups is 1. The highest BCUT2D eigenvalue weighted by molar-refractivity contribution is 6.29. The molecule has 1 heterocycles. The average Bonchev–Trinajstić information content (AvgIpc) is 2.64. The molecule has 0 unspecified atom stereocenters. The molecule has 0 spiro atoms. The maximum Gasteiger partial charge on any atom is 0.419 e. The van der Waals surface area contributed by atoms with Crippen LogP contribution in [-0.4, -0.2) is 37.7 Å². The standard InChI is InChI=1S/C18H20ClF3N4O/c1-23-17(24-9-8-13-6-7-16(19)26-12-13)25-10-11-27-15-5-3-2-4-14(15)18(20,21)22/h2-7,12H,8-11H2,1H3,(H2,23,24,25). The van der Waals surface area contributed by atoms with Gasteiger partial charge in [0.05, 0.1) is 12.1 Å². The van der Waals surface area contributed by atoms with Crippen molar-refractivity contribution < 1.29 is 17.9 Å². The van der Waals surface area contributed by atoms with Crippen molar-refractivity contribution in [3.05, 3.63) is 58.9 Å². The van der Waals surface area contributed by atoms with Gasteiger partial charge in [-0.15, -0.1) is 0 Å². The third-order valence-corrected chi connectivity index (χ3v) is 3.79. The zero-order valence-corrected chi connectivity index (χ0v) is 15.4. The number of benzene rings is 1. The van der Waals surface area contributed by atoms with E-state index in [1.54, 1.807) is 19.3 Å². The Morgan fingerprint density at radius 3 is 2.56 bits per heavy atom. The molecule has 1 aromatic carbocycles. The van der Waals surface area contributed by atoms with Crippen molar-refractivity contribution >= 4 is 17.6 Å². The Hall–Kier alpha value is -2.48. The summed E-state index contributed by atoms with van der Waals surface area (Å²) in [4.78, 5) is 8.06. The molecule has 0 aliphatic rings. The van der Waals surface area contributed by atoms with Gasteiger partial charge in [-0.05, 0) is 30.2 Å². The van der Waals surface area contributed by atoms with Gasteiger partial charge in [-0.1, -0.05) is 29.8 Å². The molecule has 0 saturated heterocycles. The number of nitrogens with zero attached hydrogens (tertiary/aromatic N) is 2. The monoisotopic (exact) mass is 400 g/mol. The first-order valence-corrected chi connectivity index (χ1v) is 8.62. The highest BCUT2D eigenvalue weighted by Crippen LogP contribution is 2.35. The van der Waals surface area contributed by atoms with Crippen LogP contribution in [0, 0.1) is 0 Å². The Bertz CT molecular complexity index is 751. The van der Waals surface area contributed by atoms with Gasteiger partial charge in [0.25, 0.3) is 0 Å². The van der Waals surface area contributed by atoms with Crippen molar-refractivity contribution in [3.8, 4) is 5.75 Å². The topological polar surface area (TPSA) is 58.5 Å². The van der Waals surface area contributed by atoms with Gasteiger partial charge >= 0.3 is 6.18 Å². The van der Waals surface area contributed by atoms with Gasteiger partial charge in [0.15, 0.2) is 5.96 Å². The van der Waals surface area contributed by atoms with Gasteiger partial charge in [0.1, 0.15) is 17.5 Å². The maximum atomic E-state index is 12.9. The predicted octanol–water partition coefficient (Wildman–Crippen LogP) is 3.54. The highest BCUT2D eigenvalue weighted by Gasteiger charge is 2.33. The van der Waals surface area contributed by atoms with Crippen molar-refractivity contribution in [1.82, 2.24) is 15.6 Å². The number of hydrogen-bond acceptors (Lipinski definition) is 3. The van der Waals surface area contributed by atoms with Crippen LogP contribution in [0.3, 0.4) is 0 Å². The minimum atomic E-state index is -4.45. The molecule has 0 atom stereocenters. The van der Waals surface area contributed by atoms with E-state index >= 15 is 0 Å². The van der Waals surface area contributed by atoms with Crippen LogP contribution in [0.5, 0.6) is 5.75 Å². The van der Waals surface area contributed by atoms with Crippen LogP contribution in [0.1, 0.15) is 11.1 Å². The quantitative estimate of drug-likeness (QED) is 0.323. The molecular formula is C18H20ClF3N4O. The van der Waals surface area contributed by atoms with Crippen LogP contribution in [0.2, 0.25) is 5.15 Å². The summed E-state index contributed by atoms with van der Waals surface area (Å²) in [6, 6.07) is 8.74. The lowest BCUT2D eigenvalue weighted by molar-refractivity contribution is -0.138. The maximum absolute atomic E-state index is 12.9. The van der Waals surface area contributed by atoms with E-state index in [1.165, 1.54) is 18.2 Å². The van der Waals surface area contributed by atoms with Gasteiger partial charge in [0.2, 0.25) is 0 Å². The number of alkyl halides is 3. The molecule has 1 aromatic heterocycles. The first-order chi connectivity index (χ1) is 12.9. The van der Waals surface area contributed by atoms with Crippen molar-refractivity contribution in [1.29, 1.82) is 0 Å². The van der Waals surface area contributed by atoms with Crippen LogP contribution in [0.15, 0.2) is 47.6 Å². The SMILES string of the molecule is CN=C(NCCOc1ccccc1C(F)(F)F)NCCc1ccc(Cl)nc1. The fourth-order valence-corrected chi connectivity index (χ4v) is 2.37. The number of ether oxygens (including phenoxy) is 1. The van der Waals surface area contributed by atoms with E-state index < -0.39 is 11.7 Å². The molecule has 146 valence electrons. The van der Waals surface area contributed by atoms with Gasteiger partial charge in [0, 0.05) is 19.8 Å². The number of hydrogen-bond donors (Lipinski definition) is 2. The predicted molar refractivity (Wildman–Crippen MR) is 99.3 cm³/mol. The summed E-state index contributed by atoms with van der Waals surface area (Å²) in [6.07, 6.45) is -2.02. The second kappa shape index (κ2) is 10.0.